The molecule has 1 heterocycles. The van der Waals surface area contributed by atoms with Gasteiger partial charge in [-0.2, -0.15) is 0 Å². The van der Waals surface area contributed by atoms with Gasteiger partial charge in [-0.3, -0.25) is 4.79 Å². The smallest absolute Gasteiger partial charge is 0.220 e. The van der Waals surface area contributed by atoms with Gasteiger partial charge in [0.05, 0.1) is 25.4 Å². The lowest BCUT2D eigenvalue weighted by molar-refractivity contribution is -0.302. The van der Waals surface area contributed by atoms with E-state index in [2.05, 4.69) is 43.5 Å². The molecule has 2 unspecified atom stereocenters. The molecule has 1 fully saturated rings. The van der Waals surface area contributed by atoms with Gasteiger partial charge in [-0.15, -0.1) is 0 Å². The number of rotatable bonds is 35. The zero-order valence-electron chi connectivity index (χ0n) is 33.8. The highest BCUT2D eigenvalue weighted by Gasteiger charge is 2.44. The number of hydrogen-bond donors (Lipinski definition) is 6. The van der Waals surface area contributed by atoms with Gasteiger partial charge < -0.3 is 40.3 Å². The fourth-order valence-electron chi connectivity index (χ4n) is 6.64. The van der Waals surface area contributed by atoms with E-state index >= 15 is 0 Å². The maximum absolute atomic E-state index is 12.9. The van der Waals surface area contributed by atoms with Crippen LogP contribution in [0.1, 0.15) is 181 Å². The standard InChI is InChI=1S/C44H81NO8/c1-3-5-7-9-11-13-15-17-18-19-20-22-23-25-27-29-31-33-38(47)37(36-52-44-43(51)42(50)41(49)39(35-46)53-44)45-40(48)34-32-30-28-26-24-21-16-14-12-10-8-6-4-2/h14,16,23,25,31,33,37-39,41-44,46-47,49-51H,3-13,15,17-22,24,26-30,32,34-36H2,1-2H3,(H,45,48)/b16-14+,25-23+,33-31+/t37-,38+,39+,41+,42?,43?,44+/m0/s1. The van der Waals surface area contributed by atoms with E-state index in [1.54, 1.807) is 6.08 Å². The molecule has 0 saturated carbocycles. The Bertz CT molecular complexity index is 925. The van der Waals surface area contributed by atoms with Crippen molar-refractivity contribution >= 4 is 5.91 Å². The third-order valence-electron chi connectivity index (χ3n) is 10.2. The van der Waals surface area contributed by atoms with Gasteiger partial charge in [0.25, 0.3) is 0 Å². The number of aliphatic hydroxyl groups excluding tert-OH is 5. The number of unbranched alkanes of at least 4 members (excludes halogenated alkanes) is 21. The summed E-state index contributed by atoms with van der Waals surface area (Å²) in [7, 11) is 0. The van der Waals surface area contributed by atoms with Crippen LogP contribution in [0.2, 0.25) is 0 Å². The summed E-state index contributed by atoms with van der Waals surface area (Å²) < 4.78 is 11.2. The lowest BCUT2D eigenvalue weighted by Crippen LogP contribution is -2.60. The van der Waals surface area contributed by atoms with Crippen molar-refractivity contribution in [3.8, 4) is 0 Å². The number of hydrogen-bond acceptors (Lipinski definition) is 8. The molecule has 0 aliphatic carbocycles. The summed E-state index contributed by atoms with van der Waals surface area (Å²) in [5.74, 6) is -0.198. The molecule has 9 heteroatoms. The van der Waals surface area contributed by atoms with Crippen LogP contribution in [0.15, 0.2) is 36.5 Å². The van der Waals surface area contributed by atoms with E-state index in [0.29, 0.717) is 6.42 Å². The van der Waals surface area contributed by atoms with E-state index in [-0.39, 0.29) is 12.5 Å². The number of carbonyl (C=O) groups is 1. The van der Waals surface area contributed by atoms with E-state index in [1.165, 1.54) is 103 Å². The van der Waals surface area contributed by atoms with E-state index < -0.39 is 49.5 Å². The quantitative estimate of drug-likeness (QED) is 0.0279. The van der Waals surface area contributed by atoms with Crippen molar-refractivity contribution in [2.75, 3.05) is 13.2 Å². The molecule has 0 aromatic heterocycles. The van der Waals surface area contributed by atoms with Gasteiger partial charge in [-0.1, -0.05) is 153 Å². The van der Waals surface area contributed by atoms with Crippen molar-refractivity contribution in [1.29, 1.82) is 0 Å². The molecule has 0 radical (unpaired) electrons. The normalized spacial score (nSPS) is 22.0. The first kappa shape index (κ1) is 49.4. The minimum atomic E-state index is -1.57. The Kier molecular flexibility index (Phi) is 32.5. The Hall–Kier alpha value is -1.59. The van der Waals surface area contributed by atoms with E-state index in [4.69, 9.17) is 9.47 Å². The van der Waals surface area contributed by atoms with Crippen LogP contribution < -0.4 is 5.32 Å². The fourth-order valence-corrected chi connectivity index (χ4v) is 6.64. The maximum Gasteiger partial charge on any atom is 0.220 e. The number of nitrogens with one attached hydrogen (secondary N) is 1. The van der Waals surface area contributed by atoms with Crippen LogP contribution in [0.5, 0.6) is 0 Å². The summed E-state index contributed by atoms with van der Waals surface area (Å²) in [4.78, 5) is 12.9. The van der Waals surface area contributed by atoms with Crippen LogP contribution >= 0.6 is 0 Å². The molecule has 6 N–H and O–H groups in total. The number of aliphatic hydroxyl groups is 5. The number of amides is 1. The zero-order chi connectivity index (χ0) is 38.8. The summed E-state index contributed by atoms with van der Waals surface area (Å²) >= 11 is 0. The Balaban J connectivity index is 2.43. The first-order valence-corrected chi connectivity index (χ1v) is 21.7. The van der Waals surface area contributed by atoms with Crippen molar-refractivity contribution in [3.05, 3.63) is 36.5 Å². The van der Waals surface area contributed by atoms with E-state index in [9.17, 15) is 30.3 Å². The molecule has 0 bridgehead atoms. The molecule has 1 amide bonds. The minimum absolute atomic E-state index is 0.198. The third kappa shape index (κ3) is 26.0. The molecule has 1 rings (SSSR count). The third-order valence-corrected chi connectivity index (χ3v) is 10.2. The summed E-state index contributed by atoms with van der Waals surface area (Å²) in [6.07, 6.45) is 34.7. The lowest BCUT2D eigenvalue weighted by Gasteiger charge is -2.40. The van der Waals surface area contributed by atoms with Gasteiger partial charge in [0.2, 0.25) is 5.91 Å². The monoisotopic (exact) mass is 752 g/mol. The van der Waals surface area contributed by atoms with E-state index in [0.717, 1.165) is 57.8 Å². The molecule has 1 saturated heterocycles. The predicted octanol–water partition coefficient (Wildman–Crippen LogP) is 8.50. The molecule has 53 heavy (non-hydrogen) atoms. The Labute approximate surface area is 323 Å². The van der Waals surface area contributed by atoms with Crippen molar-refractivity contribution in [1.82, 2.24) is 5.32 Å². The van der Waals surface area contributed by atoms with Crippen molar-refractivity contribution < 1.29 is 39.8 Å². The maximum atomic E-state index is 12.9. The largest absolute Gasteiger partial charge is 0.394 e. The van der Waals surface area contributed by atoms with Crippen molar-refractivity contribution in [2.45, 2.75) is 224 Å². The van der Waals surface area contributed by atoms with Crippen LogP contribution in [-0.2, 0) is 14.3 Å². The van der Waals surface area contributed by atoms with Crippen molar-refractivity contribution in [3.63, 3.8) is 0 Å². The molecule has 0 aromatic carbocycles. The summed E-state index contributed by atoms with van der Waals surface area (Å²) in [5, 5.41) is 54.0. The molecule has 310 valence electrons. The summed E-state index contributed by atoms with van der Waals surface area (Å²) in [5.41, 5.74) is 0. The highest BCUT2D eigenvalue weighted by Crippen LogP contribution is 2.22. The Morgan fingerprint density at radius 1 is 0.623 bits per heavy atom. The second-order valence-electron chi connectivity index (χ2n) is 15.1. The molecule has 1 aliphatic rings. The highest BCUT2D eigenvalue weighted by atomic mass is 16.7. The lowest BCUT2D eigenvalue weighted by atomic mass is 9.99. The van der Waals surface area contributed by atoms with Gasteiger partial charge in [-0.05, 0) is 57.8 Å². The number of carbonyl (C=O) groups excluding carboxylic acids is 1. The number of allylic oxidation sites excluding steroid dienone is 5. The molecule has 0 spiro atoms. The summed E-state index contributed by atoms with van der Waals surface area (Å²) in [6, 6.07) is -0.823. The predicted molar refractivity (Wildman–Crippen MR) is 216 cm³/mol. The SMILES string of the molecule is CCCCCC/C=C/CCCCCCCC(=O)N[C@@H](CO[C@@H]1O[C@H](CO)[C@@H](O)C(O)C1O)[C@H](O)/C=C/CC/C=C/CCCCCCCCCCCCC. The molecular weight excluding hydrogens is 670 g/mol. The fraction of sp³-hybridized carbons (Fsp3) is 0.841. The second kappa shape index (κ2) is 34.9. The van der Waals surface area contributed by atoms with Crippen LogP contribution in [0, 0.1) is 0 Å². The molecule has 7 atom stereocenters. The molecule has 0 aromatic rings. The van der Waals surface area contributed by atoms with Crippen LogP contribution in [0.3, 0.4) is 0 Å². The van der Waals surface area contributed by atoms with Gasteiger partial charge >= 0.3 is 0 Å². The topological polar surface area (TPSA) is 149 Å². The van der Waals surface area contributed by atoms with Gasteiger partial charge in [-0.25, -0.2) is 0 Å². The average molecular weight is 752 g/mol. The first-order valence-electron chi connectivity index (χ1n) is 21.7. The van der Waals surface area contributed by atoms with Gasteiger partial charge in [0.15, 0.2) is 6.29 Å². The van der Waals surface area contributed by atoms with Gasteiger partial charge in [0.1, 0.15) is 24.4 Å². The van der Waals surface area contributed by atoms with Crippen molar-refractivity contribution in [2.24, 2.45) is 0 Å². The van der Waals surface area contributed by atoms with Crippen LogP contribution in [-0.4, -0.2) is 87.5 Å². The second-order valence-corrected chi connectivity index (χ2v) is 15.1. The molecule has 1 aliphatic heterocycles. The first-order chi connectivity index (χ1) is 25.8. The van der Waals surface area contributed by atoms with E-state index in [1.807, 2.05) is 6.08 Å². The molecule has 9 nitrogen and oxygen atoms in total. The van der Waals surface area contributed by atoms with Crippen LogP contribution in [0.4, 0.5) is 0 Å². The number of ether oxygens (including phenoxy) is 2. The summed E-state index contributed by atoms with van der Waals surface area (Å²) in [6.45, 7) is 3.72. The Morgan fingerprint density at radius 2 is 1.08 bits per heavy atom. The Morgan fingerprint density at radius 3 is 1.60 bits per heavy atom. The minimum Gasteiger partial charge on any atom is -0.394 e. The van der Waals surface area contributed by atoms with Gasteiger partial charge in [0, 0.05) is 6.42 Å². The highest BCUT2D eigenvalue weighted by molar-refractivity contribution is 5.76. The zero-order valence-corrected chi connectivity index (χ0v) is 33.8. The van der Waals surface area contributed by atoms with Crippen LogP contribution in [0.25, 0.3) is 0 Å². The molecular formula is C44H81NO8. The average Bonchev–Trinajstić information content (AvgIpc) is 3.16.